The minimum atomic E-state index is -2.18. The molecule has 1 aliphatic rings. The average Bonchev–Trinajstić information content (AvgIpc) is 2.60. The molecule has 11 heteroatoms. The summed E-state index contributed by atoms with van der Waals surface area (Å²) in [6.45, 7) is 0. The molecular weight excluding hydrogens is 376 g/mol. The van der Waals surface area contributed by atoms with Crippen LogP contribution in [0.1, 0.15) is 17.5 Å². The van der Waals surface area contributed by atoms with Crippen molar-refractivity contribution < 1.29 is 40.1 Å². The van der Waals surface area contributed by atoms with Crippen molar-refractivity contribution in [1.29, 1.82) is 0 Å². The maximum absolute atomic E-state index is 11.7. The first-order chi connectivity index (χ1) is 13.1. The quantitative estimate of drug-likeness (QED) is 0.254. The molecule has 0 aromatic heterocycles. The predicted molar refractivity (Wildman–Crippen MR) is 91.6 cm³/mol. The van der Waals surface area contributed by atoms with E-state index >= 15 is 0 Å². The molecule has 0 fully saturated rings. The summed E-state index contributed by atoms with van der Waals surface area (Å²) in [7, 11) is 0. The lowest BCUT2D eigenvalue weighted by Gasteiger charge is -2.32. The highest BCUT2D eigenvalue weighted by Crippen LogP contribution is 2.48. The molecule has 0 saturated carbocycles. The third kappa shape index (κ3) is 3.26. The smallest absolute Gasteiger partial charge is 0.311 e. The number of nitro groups is 1. The van der Waals surface area contributed by atoms with E-state index in [0.29, 0.717) is 0 Å². The standard InChI is InChI=1S/C17H14N2O9/c20-9-4-12(22)16-13(5-9)28-14(6-17(16,24)7-15(23)18-25)8-1-2-11(21)10(3-8)19(26)27/h1-6,20-22,24-25H,7H2,(H,18,23). The zero-order valence-electron chi connectivity index (χ0n) is 14.0. The number of phenols is 3. The highest BCUT2D eigenvalue weighted by atomic mass is 16.6. The molecule has 146 valence electrons. The Hall–Kier alpha value is -3.83. The fourth-order valence-corrected chi connectivity index (χ4v) is 2.93. The number of fused-ring (bicyclic) bond motifs is 1. The molecule has 1 unspecified atom stereocenters. The van der Waals surface area contributed by atoms with Crippen LogP contribution < -0.4 is 10.2 Å². The van der Waals surface area contributed by atoms with E-state index < -0.39 is 45.8 Å². The van der Waals surface area contributed by atoms with Crippen LogP contribution in [0.4, 0.5) is 5.69 Å². The zero-order chi connectivity index (χ0) is 20.6. The van der Waals surface area contributed by atoms with E-state index in [4.69, 9.17) is 9.94 Å². The Morgan fingerprint density at radius 1 is 1.18 bits per heavy atom. The molecule has 28 heavy (non-hydrogen) atoms. The van der Waals surface area contributed by atoms with Crippen molar-refractivity contribution in [3.63, 3.8) is 0 Å². The maximum atomic E-state index is 11.7. The number of carbonyl (C=O) groups is 1. The van der Waals surface area contributed by atoms with Gasteiger partial charge in [0.1, 0.15) is 28.6 Å². The highest BCUT2D eigenvalue weighted by molar-refractivity contribution is 5.80. The van der Waals surface area contributed by atoms with E-state index in [2.05, 4.69) is 0 Å². The molecule has 11 nitrogen and oxygen atoms in total. The number of rotatable bonds is 4. The van der Waals surface area contributed by atoms with Gasteiger partial charge in [0.05, 0.1) is 16.9 Å². The lowest BCUT2D eigenvalue weighted by molar-refractivity contribution is -0.385. The predicted octanol–water partition coefficient (Wildman–Crippen LogP) is 1.23. The van der Waals surface area contributed by atoms with Gasteiger partial charge < -0.3 is 25.2 Å². The number of nitro benzene ring substituents is 1. The van der Waals surface area contributed by atoms with E-state index in [9.17, 15) is 35.3 Å². The third-order valence-electron chi connectivity index (χ3n) is 4.10. The topological polar surface area (TPSA) is 183 Å². The van der Waals surface area contributed by atoms with Crippen LogP contribution in [0.2, 0.25) is 0 Å². The van der Waals surface area contributed by atoms with Crippen LogP contribution in [-0.4, -0.2) is 36.5 Å². The molecule has 6 N–H and O–H groups in total. The van der Waals surface area contributed by atoms with Gasteiger partial charge in [0, 0.05) is 23.8 Å². The summed E-state index contributed by atoms with van der Waals surface area (Å²) in [6.07, 6.45) is 0.291. The summed E-state index contributed by atoms with van der Waals surface area (Å²) in [6, 6.07) is 5.30. The van der Waals surface area contributed by atoms with Crippen LogP contribution in [0.5, 0.6) is 23.0 Å². The van der Waals surface area contributed by atoms with Crippen molar-refractivity contribution in [2.24, 2.45) is 0 Å². The van der Waals surface area contributed by atoms with Gasteiger partial charge >= 0.3 is 5.69 Å². The van der Waals surface area contributed by atoms with Crippen molar-refractivity contribution in [2.75, 3.05) is 0 Å². The Labute approximate surface area is 156 Å². The van der Waals surface area contributed by atoms with Gasteiger partial charge in [0.15, 0.2) is 5.75 Å². The number of hydrogen-bond acceptors (Lipinski definition) is 9. The summed E-state index contributed by atoms with van der Waals surface area (Å²) in [4.78, 5) is 21.9. The number of benzene rings is 2. The number of nitrogens with one attached hydrogen (secondary N) is 1. The lowest BCUT2D eigenvalue weighted by atomic mass is 9.85. The fraction of sp³-hybridized carbons (Fsp3) is 0.118. The minimum absolute atomic E-state index is 0.0702. The Morgan fingerprint density at radius 3 is 2.54 bits per heavy atom. The number of hydrogen-bond donors (Lipinski definition) is 6. The Balaban J connectivity index is 2.19. The third-order valence-corrected chi connectivity index (χ3v) is 4.10. The van der Waals surface area contributed by atoms with Gasteiger partial charge in [-0.3, -0.25) is 20.1 Å². The summed E-state index contributed by atoms with van der Waals surface area (Å²) >= 11 is 0. The zero-order valence-corrected chi connectivity index (χ0v) is 14.0. The molecule has 3 rings (SSSR count). The lowest BCUT2D eigenvalue weighted by Crippen LogP contribution is -2.34. The molecule has 0 spiro atoms. The fourth-order valence-electron chi connectivity index (χ4n) is 2.93. The molecule has 1 amide bonds. The Bertz CT molecular complexity index is 1020. The number of nitrogens with zero attached hydrogens (tertiary/aromatic N) is 1. The number of carbonyl (C=O) groups excluding carboxylic acids is 1. The maximum Gasteiger partial charge on any atom is 0.311 e. The van der Waals surface area contributed by atoms with Gasteiger partial charge in [-0.2, -0.15) is 0 Å². The molecule has 1 aliphatic heterocycles. The molecule has 2 aromatic rings. The van der Waals surface area contributed by atoms with Crippen LogP contribution in [0, 0.1) is 10.1 Å². The number of ether oxygens (including phenoxy) is 1. The molecule has 2 aromatic carbocycles. The van der Waals surface area contributed by atoms with Gasteiger partial charge in [0.2, 0.25) is 5.91 Å². The molecular formula is C17H14N2O9. The number of aliphatic hydroxyl groups is 1. The van der Waals surface area contributed by atoms with E-state index in [1.807, 2.05) is 0 Å². The van der Waals surface area contributed by atoms with E-state index in [1.54, 1.807) is 0 Å². The molecule has 0 radical (unpaired) electrons. The molecule has 0 bridgehead atoms. The first-order valence-corrected chi connectivity index (χ1v) is 7.75. The Morgan fingerprint density at radius 2 is 1.89 bits per heavy atom. The summed E-state index contributed by atoms with van der Waals surface area (Å²) in [5.41, 5.74) is -1.61. The SMILES string of the molecule is O=C(CC1(O)C=C(c2ccc(O)c([N+](=O)[O-])c2)Oc2cc(O)cc(O)c21)NO. The normalized spacial score (nSPS) is 17.9. The van der Waals surface area contributed by atoms with Crippen molar-refractivity contribution >= 4 is 17.4 Å². The number of hydroxylamine groups is 1. The van der Waals surface area contributed by atoms with Crippen LogP contribution in [0.15, 0.2) is 36.4 Å². The molecule has 1 heterocycles. The summed E-state index contributed by atoms with van der Waals surface area (Å²) < 4.78 is 5.55. The molecule has 0 saturated heterocycles. The molecule has 1 atom stereocenters. The van der Waals surface area contributed by atoms with Gasteiger partial charge in [-0.05, 0) is 18.2 Å². The van der Waals surface area contributed by atoms with Crippen LogP contribution in [0.3, 0.4) is 0 Å². The first-order valence-electron chi connectivity index (χ1n) is 7.75. The number of phenolic OH excluding ortho intramolecular Hbond substituents is 3. The van der Waals surface area contributed by atoms with Crippen LogP contribution in [0.25, 0.3) is 5.76 Å². The second-order valence-corrected chi connectivity index (χ2v) is 6.05. The minimum Gasteiger partial charge on any atom is -0.508 e. The Kier molecular flexibility index (Phi) is 4.55. The highest BCUT2D eigenvalue weighted by Gasteiger charge is 2.40. The van der Waals surface area contributed by atoms with Crippen LogP contribution >= 0.6 is 0 Å². The number of aromatic hydroxyl groups is 3. The summed E-state index contributed by atoms with van der Waals surface area (Å²) in [5.74, 6) is -2.91. The second kappa shape index (κ2) is 6.72. The van der Waals surface area contributed by atoms with E-state index in [-0.39, 0.29) is 22.6 Å². The largest absolute Gasteiger partial charge is 0.508 e. The van der Waals surface area contributed by atoms with Crippen molar-refractivity contribution in [3.8, 4) is 23.0 Å². The van der Waals surface area contributed by atoms with Crippen molar-refractivity contribution in [3.05, 3.63) is 57.6 Å². The van der Waals surface area contributed by atoms with Gasteiger partial charge in [-0.15, -0.1) is 0 Å². The summed E-state index contributed by atoms with van der Waals surface area (Å²) in [5, 5.41) is 60.2. The second-order valence-electron chi connectivity index (χ2n) is 6.05. The van der Waals surface area contributed by atoms with Crippen molar-refractivity contribution in [1.82, 2.24) is 5.48 Å². The van der Waals surface area contributed by atoms with Crippen molar-refractivity contribution in [2.45, 2.75) is 12.0 Å². The van der Waals surface area contributed by atoms with E-state index in [0.717, 1.165) is 30.3 Å². The molecule has 0 aliphatic carbocycles. The number of amides is 1. The van der Waals surface area contributed by atoms with Gasteiger partial charge in [-0.25, -0.2) is 5.48 Å². The monoisotopic (exact) mass is 390 g/mol. The average molecular weight is 390 g/mol. The van der Waals surface area contributed by atoms with Gasteiger partial charge in [-0.1, -0.05) is 0 Å². The van der Waals surface area contributed by atoms with E-state index in [1.165, 1.54) is 11.5 Å². The van der Waals surface area contributed by atoms with Crippen LogP contribution in [-0.2, 0) is 10.4 Å². The van der Waals surface area contributed by atoms with Gasteiger partial charge in [0.25, 0.3) is 0 Å². The first kappa shape index (κ1) is 18.9.